The van der Waals surface area contributed by atoms with Crippen molar-refractivity contribution in [3.05, 3.63) is 36.5 Å². The number of rotatable bonds is 2. The van der Waals surface area contributed by atoms with Crippen LogP contribution in [0.15, 0.2) is 36.5 Å². The smallest absolute Gasteiger partial charge is 0.264 e. The van der Waals surface area contributed by atoms with E-state index in [1.165, 1.54) is 7.11 Å². The van der Waals surface area contributed by atoms with Gasteiger partial charge < -0.3 is 4.74 Å². The van der Waals surface area contributed by atoms with Crippen molar-refractivity contribution in [2.24, 2.45) is 0 Å². The maximum atomic E-state index is 12.2. The molecule has 1 aliphatic rings. The molecule has 1 unspecified atom stereocenters. The number of hydrogen-bond acceptors (Lipinski definition) is 3. The molecule has 1 fully saturated rings. The van der Waals surface area contributed by atoms with Crippen LogP contribution in [0.1, 0.15) is 6.92 Å². The summed E-state index contributed by atoms with van der Waals surface area (Å²) in [6.45, 7) is 6.08. The van der Waals surface area contributed by atoms with Crippen molar-refractivity contribution in [2.75, 3.05) is 18.6 Å². The fraction of sp³-hybridized carbons (Fsp3) is 0.333. The van der Waals surface area contributed by atoms with Crippen molar-refractivity contribution in [1.82, 2.24) is 4.98 Å². The number of ether oxygens (including phenoxy) is 1. The van der Waals surface area contributed by atoms with Gasteiger partial charge in [-0.05, 0) is 24.6 Å². The monoisotopic (exact) mass is 218 g/mol. The van der Waals surface area contributed by atoms with Crippen molar-refractivity contribution in [1.29, 1.82) is 0 Å². The summed E-state index contributed by atoms with van der Waals surface area (Å²) in [5.74, 6) is 0.521. The summed E-state index contributed by atoms with van der Waals surface area (Å²) in [5.41, 5.74) is -0.164. The Hall–Kier alpha value is -1.68. The third kappa shape index (κ3) is 1.42. The van der Waals surface area contributed by atoms with Gasteiger partial charge in [-0.2, -0.15) is 0 Å². The summed E-state index contributed by atoms with van der Waals surface area (Å²) in [7, 11) is 1.52. The number of pyridine rings is 1. The number of carbonyl (C=O) groups excluding carboxylic acids is 1. The first-order chi connectivity index (χ1) is 7.59. The Balaban J connectivity index is 2.35. The molecule has 0 saturated carbocycles. The number of hydrogen-bond donors (Lipinski definition) is 0. The van der Waals surface area contributed by atoms with E-state index in [1.54, 1.807) is 24.1 Å². The average Bonchev–Trinajstić information content (AvgIpc) is 2.55. The van der Waals surface area contributed by atoms with Crippen molar-refractivity contribution in [2.45, 2.75) is 12.5 Å². The third-order valence-corrected chi connectivity index (χ3v) is 3.01. The maximum Gasteiger partial charge on any atom is 0.264 e. The van der Waals surface area contributed by atoms with Gasteiger partial charge in [0.15, 0.2) is 5.60 Å². The lowest BCUT2D eigenvalue weighted by Gasteiger charge is -2.21. The normalized spacial score (nSPS) is 25.2. The van der Waals surface area contributed by atoms with Crippen LogP contribution in [0.3, 0.4) is 0 Å². The van der Waals surface area contributed by atoms with Crippen LogP contribution < -0.4 is 4.90 Å². The Morgan fingerprint density at radius 1 is 1.56 bits per heavy atom. The van der Waals surface area contributed by atoms with E-state index in [4.69, 9.17) is 4.74 Å². The fourth-order valence-corrected chi connectivity index (χ4v) is 1.75. The van der Waals surface area contributed by atoms with E-state index in [-0.39, 0.29) is 5.91 Å². The first kappa shape index (κ1) is 10.8. The molecule has 1 aromatic heterocycles. The van der Waals surface area contributed by atoms with Crippen LogP contribution in [0.2, 0.25) is 0 Å². The zero-order valence-electron chi connectivity index (χ0n) is 9.43. The average molecular weight is 218 g/mol. The molecule has 0 N–H and O–H groups in total. The molecular formula is C12H14N2O2. The molecule has 1 aliphatic heterocycles. The lowest BCUT2D eigenvalue weighted by Crippen LogP contribution is -2.39. The van der Waals surface area contributed by atoms with Crippen LogP contribution in [-0.4, -0.2) is 30.1 Å². The van der Waals surface area contributed by atoms with Crippen LogP contribution in [0.5, 0.6) is 0 Å². The highest BCUT2D eigenvalue weighted by Crippen LogP contribution is 2.32. The Labute approximate surface area is 94.5 Å². The molecule has 16 heavy (non-hydrogen) atoms. The van der Waals surface area contributed by atoms with Crippen molar-refractivity contribution < 1.29 is 9.53 Å². The van der Waals surface area contributed by atoms with Gasteiger partial charge in [0.25, 0.3) is 5.91 Å². The molecular weight excluding hydrogens is 204 g/mol. The Morgan fingerprint density at radius 3 is 2.81 bits per heavy atom. The quantitative estimate of drug-likeness (QED) is 0.704. The lowest BCUT2D eigenvalue weighted by atomic mass is 10.0. The van der Waals surface area contributed by atoms with E-state index < -0.39 is 5.60 Å². The summed E-state index contributed by atoms with van der Waals surface area (Å²) in [6, 6.07) is 5.46. The van der Waals surface area contributed by atoms with Gasteiger partial charge in [-0.3, -0.25) is 9.69 Å². The zero-order chi connectivity index (χ0) is 11.8. The standard InChI is InChI=1S/C12H14N2O2/c1-9-8-14(10-6-4-5-7-13-10)11(15)12(9,2)16-3/h4-7H,1,8H2,2-3H3. The van der Waals surface area contributed by atoms with E-state index >= 15 is 0 Å². The predicted octanol–water partition coefficient (Wildman–Crippen LogP) is 1.39. The molecule has 0 aliphatic carbocycles. The number of amides is 1. The second-order valence-electron chi connectivity index (χ2n) is 3.92. The molecule has 1 saturated heterocycles. The minimum atomic E-state index is -0.919. The number of methoxy groups -OCH3 is 1. The topological polar surface area (TPSA) is 42.4 Å². The van der Waals surface area contributed by atoms with Crippen LogP contribution in [0, 0.1) is 0 Å². The molecule has 0 bridgehead atoms. The Kier molecular flexibility index (Phi) is 2.52. The number of nitrogens with zero attached hydrogens (tertiary/aromatic N) is 2. The summed E-state index contributed by atoms with van der Waals surface area (Å²) in [5, 5.41) is 0. The zero-order valence-corrected chi connectivity index (χ0v) is 9.43. The largest absolute Gasteiger partial charge is 0.364 e. The Bertz CT molecular complexity index is 430. The molecule has 2 rings (SSSR count). The highest BCUT2D eigenvalue weighted by Gasteiger charge is 2.47. The highest BCUT2D eigenvalue weighted by atomic mass is 16.5. The van der Waals surface area contributed by atoms with E-state index in [1.807, 2.05) is 12.1 Å². The summed E-state index contributed by atoms with van der Waals surface area (Å²) in [6.07, 6.45) is 1.66. The first-order valence-corrected chi connectivity index (χ1v) is 5.06. The third-order valence-electron chi connectivity index (χ3n) is 3.01. The van der Waals surface area contributed by atoms with Gasteiger partial charge in [0.2, 0.25) is 0 Å². The minimum Gasteiger partial charge on any atom is -0.364 e. The Morgan fingerprint density at radius 2 is 2.31 bits per heavy atom. The van der Waals surface area contributed by atoms with Crippen LogP contribution in [0.4, 0.5) is 5.82 Å². The summed E-state index contributed by atoms with van der Waals surface area (Å²) in [4.78, 5) is 17.9. The number of anilines is 1. The molecule has 4 nitrogen and oxygen atoms in total. The molecule has 1 aromatic rings. The molecule has 0 radical (unpaired) electrons. The van der Waals surface area contributed by atoms with Crippen molar-refractivity contribution >= 4 is 11.7 Å². The van der Waals surface area contributed by atoms with Gasteiger partial charge in [-0.15, -0.1) is 0 Å². The number of aromatic nitrogens is 1. The summed E-state index contributed by atoms with van der Waals surface area (Å²) >= 11 is 0. The molecule has 1 amide bonds. The van der Waals surface area contributed by atoms with Gasteiger partial charge in [-0.1, -0.05) is 12.6 Å². The van der Waals surface area contributed by atoms with Gasteiger partial charge in [0.1, 0.15) is 5.82 Å². The molecule has 1 atom stereocenters. The fourth-order valence-electron chi connectivity index (χ4n) is 1.75. The second kappa shape index (κ2) is 3.72. The van der Waals surface area contributed by atoms with E-state index in [0.29, 0.717) is 12.4 Å². The number of carbonyl (C=O) groups is 1. The van der Waals surface area contributed by atoms with Gasteiger partial charge >= 0.3 is 0 Å². The molecule has 0 spiro atoms. The highest BCUT2D eigenvalue weighted by molar-refractivity contribution is 6.04. The molecule has 84 valence electrons. The van der Waals surface area contributed by atoms with Crippen molar-refractivity contribution in [3.63, 3.8) is 0 Å². The second-order valence-corrected chi connectivity index (χ2v) is 3.92. The van der Waals surface area contributed by atoms with Gasteiger partial charge in [0.05, 0.1) is 6.54 Å². The lowest BCUT2D eigenvalue weighted by molar-refractivity contribution is -0.131. The minimum absolute atomic E-state index is 0.112. The van der Waals surface area contributed by atoms with E-state index in [2.05, 4.69) is 11.6 Å². The SMILES string of the molecule is C=C1CN(c2ccccn2)C(=O)C1(C)OC. The van der Waals surface area contributed by atoms with Crippen LogP contribution in [0.25, 0.3) is 0 Å². The molecule has 2 heterocycles. The van der Waals surface area contributed by atoms with Gasteiger partial charge in [0, 0.05) is 13.3 Å². The van der Waals surface area contributed by atoms with E-state index in [9.17, 15) is 4.79 Å². The first-order valence-electron chi connectivity index (χ1n) is 5.06. The van der Waals surface area contributed by atoms with E-state index in [0.717, 1.165) is 5.57 Å². The molecule has 0 aromatic carbocycles. The predicted molar refractivity (Wildman–Crippen MR) is 61.1 cm³/mol. The van der Waals surface area contributed by atoms with Crippen LogP contribution >= 0.6 is 0 Å². The molecule has 4 heteroatoms. The maximum absolute atomic E-state index is 12.2. The van der Waals surface area contributed by atoms with Crippen LogP contribution in [-0.2, 0) is 9.53 Å². The summed E-state index contributed by atoms with van der Waals surface area (Å²) < 4.78 is 5.26. The van der Waals surface area contributed by atoms with Gasteiger partial charge in [-0.25, -0.2) is 4.98 Å². The van der Waals surface area contributed by atoms with Crippen molar-refractivity contribution in [3.8, 4) is 0 Å².